The number of thiophene rings is 1. The van der Waals surface area contributed by atoms with E-state index in [1.54, 1.807) is 11.3 Å². The third-order valence-electron chi connectivity index (χ3n) is 2.46. The van der Waals surface area contributed by atoms with Crippen molar-refractivity contribution in [3.8, 4) is 0 Å². The van der Waals surface area contributed by atoms with Crippen molar-refractivity contribution in [1.29, 1.82) is 0 Å². The van der Waals surface area contributed by atoms with Crippen LogP contribution in [0, 0.1) is 0 Å². The van der Waals surface area contributed by atoms with Crippen LogP contribution in [0.25, 0.3) is 0 Å². The Morgan fingerprint density at radius 1 is 1.24 bits per heavy atom. The van der Waals surface area contributed by atoms with Crippen molar-refractivity contribution >= 4 is 54.8 Å². The highest BCUT2D eigenvalue weighted by molar-refractivity contribution is 9.10. The van der Waals surface area contributed by atoms with Crippen molar-refractivity contribution in [1.82, 2.24) is 5.32 Å². The first-order valence-corrected chi connectivity index (χ1v) is 7.87. The van der Waals surface area contributed by atoms with E-state index >= 15 is 0 Å². The van der Waals surface area contributed by atoms with Gasteiger partial charge in [-0.15, -0.1) is 0 Å². The SMILES string of the molecule is CNC(c1cc(Cl)cc(Br)c1)c1cscc1Br. The summed E-state index contributed by atoms with van der Waals surface area (Å²) in [5.74, 6) is 0. The monoisotopic (exact) mass is 393 g/mol. The molecule has 0 saturated carbocycles. The summed E-state index contributed by atoms with van der Waals surface area (Å²) < 4.78 is 2.12. The zero-order valence-electron chi connectivity index (χ0n) is 9.01. The van der Waals surface area contributed by atoms with Gasteiger partial charge in [0.15, 0.2) is 0 Å². The van der Waals surface area contributed by atoms with Gasteiger partial charge in [-0.25, -0.2) is 0 Å². The molecule has 0 radical (unpaired) electrons. The lowest BCUT2D eigenvalue weighted by atomic mass is 10.0. The molecule has 2 aromatic rings. The fourth-order valence-corrected chi connectivity index (χ4v) is 4.18. The van der Waals surface area contributed by atoms with E-state index in [1.165, 1.54) is 5.56 Å². The van der Waals surface area contributed by atoms with Crippen LogP contribution in [-0.2, 0) is 0 Å². The Morgan fingerprint density at radius 2 is 2.00 bits per heavy atom. The van der Waals surface area contributed by atoms with Gasteiger partial charge in [0, 0.05) is 19.3 Å². The van der Waals surface area contributed by atoms with E-state index in [1.807, 2.05) is 19.2 Å². The van der Waals surface area contributed by atoms with Crippen molar-refractivity contribution in [3.05, 3.63) is 54.1 Å². The Morgan fingerprint density at radius 3 is 2.53 bits per heavy atom. The molecule has 17 heavy (non-hydrogen) atoms. The maximum absolute atomic E-state index is 6.09. The summed E-state index contributed by atoms with van der Waals surface area (Å²) in [5, 5.41) is 8.27. The zero-order chi connectivity index (χ0) is 12.4. The first-order chi connectivity index (χ1) is 8.11. The quantitative estimate of drug-likeness (QED) is 0.750. The smallest absolute Gasteiger partial charge is 0.0594 e. The number of hydrogen-bond donors (Lipinski definition) is 1. The van der Waals surface area contributed by atoms with Crippen LogP contribution in [0.1, 0.15) is 17.2 Å². The highest BCUT2D eigenvalue weighted by Crippen LogP contribution is 2.33. The summed E-state index contributed by atoms with van der Waals surface area (Å²) in [7, 11) is 1.95. The third kappa shape index (κ3) is 3.12. The Bertz CT molecular complexity index is 507. The fraction of sp³-hybridized carbons (Fsp3) is 0.167. The van der Waals surface area contributed by atoms with E-state index in [9.17, 15) is 0 Å². The number of halogens is 3. The summed E-state index contributed by atoms with van der Waals surface area (Å²) in [4.78, 5) is 0. The van der Waals surface area contributed by atoms with E-state index in [2.05, 4.69) is 54.0 Å². The van der Waals surface area contributed by atoms with E-state index in [-0.39, 0.29) is 6.04 Å². The van der Waals surface area contributed by atoms with Crippen molar-refractivity contribution < 1.29 is 0 Å². The maximum Gasteiger partial charge on any atom is 0.0594 e. The molecule has 5 heteroatoms. The predicted octanol–water partition coefficient (Wildman–Crippen LogP) is 5.24. The highest BCUT2D eigenvalue weighted by atomic mass is 79.9. The third-order valence-corrected chi connectivity index (χ3v) is 4.89. The Kier molecular flexibility index (Phi) is 4.66. The summed E-state index contributed by atoms with van der Waals surface area (Å²) in [6.07, 6.45) is 0. The number of hydrogen-bond acceptors (Lipinski definition) is 2. The van der Waals surface area contributed by atoms with E-state index in [4.69, 9.17) is 11.6 Å². The average Bonchev–Trinajstić information content (AvgIpc) is 2.65. The molecule has 0 amide bonds. The van der Waals surface area contributed by atoms with Crippen LogP contribution >= 0.6 is 54.8 Å². The molecule has 0 bridgehead atoms. The number of rotatable bonds is 3. The topological polar surface area (TPSA) is 12.0 Å². The Labute approximate surface area is 126 Å². The van der Waals surface area contributed by atoms with E-state index in [0.717, 1.165) is 19.5 Å². The van der Waals surface area contributed by atoms with E-state index < -0.39 is 0 Å². The summed E-state index contributed by atoms with van der Waals surface area (Å²) in [5.41, 5.74) is 2.37. The van der Waals surface area contributed by atoms with Gasteiger partial charge < -0.3 is 5.32 Å². The Balaban J connectivity index is 2.45. The predicted molar refractivity (Wildman–Crippen MR) is 82.1 cm³/mol. The van der Waals surface area contributed by atoms with Crippen LogP contribution in [0.5, 0.6) is 0 Å². The van der Waals surface area contributed by atoms with E-state index in [0.29, 0.717) is 0 Å². The lowest BCUT2D eigenvalue weighted by Crippen LogP contribution is -2.17. The van der Waals surface area contributed by atoms with Crippen LogP contribution in [0.2, 0.25) is 5.02 Å². The fourth-order valence-electron chi connectivity index (χ4n) is 1.74. The van der Waals surface area contributed by atoms with Crippen LogP contribution in [0.4, 0.5) is 0 Å². The molecular weight excluding hydrogens is 385 g/mol. The summed E-state index contributed by atoms with van der Waals surface area (Å²) in [6, 6.07) is 6.10. The molecule has 1 unspecified atom stereocenters. The van der Waals surface area contributed by atoms with Crippen LogP contribution in [0.3, 0.4) is 0 Å². The molecule has 1 aromatic carbocycles. The van der Waals surface area contributed by atoms with Gasteiger partial charge >= 0.3 is 0 Å². The van der Waals surface area contributed by atoms with Gasteiger partial charge in [-0.3, -0.25) is 0 Å². The molecule has 0 aliphatic carbocycles. The van der Waals surface area contributed by atoms with Gasteiger partial charge in [-0.05, 0) is 57.7 Å². The molecule has 1 N–H and O–H groups in total. The van der Waals surface area contributed by atoms with Crippen LogP contribution in [-0.4, -0.2) is 7.05 Å². The molecule has 90 valence electrons. The molecule has 0 saturated heterocycles. The van der Waals surface area contributed by atoms with Gasteiger partial charge in [0.25, 0.3) is 0 Å². The minimum absolute atomic E-state index is 0.144. The average molecular weight is 396 g/mol. The summed E-state index contributed by atoms with van der Waals surface area (Å²) >= 11 is 14.8. The van der Waals surface area contributed by atoms with Crippen molar-refractivity contribution in [2.75, 3.05) is 7.05 Å². The first kappa shape index (κ1) is 13.6. The van der Waals surface area contributed by atoms with Gasteiger partial charge in [0.05, 0.1) is 6.04 Å². The van der Waals surface area contributed by atoms with Crippen molar-refractivity contribution in [2.24, 2.45) is 0 Å². The molecule has 0 fully saturated rings. The van der Waals surface area contributed by atoms with Crippen molar-refractivity contribution in [2.45, 2.75) is 6.04 Å². The van der Waals surface area contributed by atoms with Crippen molar-refractivity contribution in [3.63, 3.8) is 0 Å². The van der Waals surface area contributed by atoms with Gasteiger partial charge in [-0.2, -0.15) is 11.3 Å². The molecule has 1 nitrogen and oxygen atoms in total. The second-order valence-corrected chi connectivity index (χ2v) is 6.55. The molecular formula is C12H10Br2ClNS. The molecule has 1 atom stereocenters. The second-order valence-electron chi connectivity index (χ2n) is 3.60. The number of nitrogens with one attached hydrogen (secondary N) is 1. The van der Waals surface area contributed by atoms with Crippen LogP contribution in [0.15, 0.2) is 37.9 Å². The largest absolute Gasteiger partial charge is 0.309 e. The van der Waals surface area contributed by atoms with Gasteiger partial charge in [0.1, 0.15) is 0 Å². The first-order valence-electron chi connectivity index (χ1n) is 4.96. The van der Waals surface area contributed by atoms with Gasteiger partial charge in [0.2, 0.25) is 0 Å². The molecule has 1 heterocycles. The zero-order valence-corrected chi connectivity index (χ0v) is 13.8. The maximum atomic E-state index is 6.09. The van der Waals surface area contributed by atoms with Gasteiger partial charge in [-0.1, -0.05) is 27.5 Å². The molecule has 0 aliphatic heterocycles. The summed E-state index contributed by atoms with van der Waals surface area (Å²) in [6.45, 7) is 0. The standard InChI is InChI=1S/C12H10Br2ClNS/c1-16-12(10-5-17-6-11(10)14)7-2-8(13)4-9(15)3-7/h2-6,12,16H,1H3. The minimum atomic E-state index is 0.144. The second kappa shape index (κ2) is 5.85. The van der Waals surface area contributed by atoms with Crippen LogP contribution < -0.4 is 5.32 Å². The molecule has 0 spiro atoms. The lowest BCUT2D eigenvalue weighted by molar-refractivity contribution is 0.691. The Hall–Kier alpha value is 0.130. The molecule has 2 rings (SSSR count). The normalized spacial score (nSPS) is 12.7. The highest BCUT2D eigenvalue weighted by Gasteiger charge is 2.16. The number of benzene rings is 1. The molecule has 1 aromatic heterocycles. The lowest BCUT2D eigenvalue weighted by Gasteiger charge is -2.17. The molecule has 0 aliphatic rings. The minimum Gasteiger partial charge on any atom is -0.309 e.